The van der Waals surface area contributed by atoms with Gasteiger partial charge in [-0.2, -0.15) is 5.26 Å². The SMILES string of the molecule is CC(C)Oc1cc(NC(=O)c2cccc3cc(CN(C)C(=O)CO)c(C=O)nc23)ncc1C#N. The largest absolute Gasteiger partial charge is 0.489 e. The minimum Gasteiger partial charge on any atom is -0.489 e. The fourth-order valence-electron chi connectivity index (χ4n) is 3.26. The van der Waals surface area contributed by atoms with Crippen molar-refractivity contribution in [3.63, 3.8) is 0 Å². The predicted octanol–water partition coefficient (Wildman–Crippen LogP) is 2.30. The molecule has 0 fully saturated rings. The van der Waals surface area contributed by atoms with E-state index in [9.17, 15) is 19.6 Å². The summed E-state index contributed by atoms with van der Waals surface area (Å²) < 4.78 is 5.63. The van der Waals surface area contributed by atoms with Crippen LogP contribution in [0, 0.1) is 11.3 Å². The van der Waals surface area contributed by atoms with Crippen molar-refractivity contribution in [3.05, 3.63) is 58.9 Å². The van der Waals surface area contributed by atoms with Crippen LogP contribution in [0.5, 0.6) is 5.75 Å². The van der Waals surface area contributed by atoms with Crippen LogP contribution in [0.15, 0.2) is 36.5 Å². The van der Waals surface area contributed by atoms with Crippen LogP contribution in [0.25, 0.3) is 10.9 Å². The molecule has 0 radical (unpaired) electrons. The van der Waals surface area contributed by atoms with Crippen LogP contribution in [0.2, 0.25) is 0 Å². The van der Waals surface area contributed by atoms with E-state index >= 15 is 0 Å². The summed E-state index contributed by atoms with van der Waals surface area (Å²) in [5.41, 5.74) is 1.31. The highest BCUT2D eigenvalue weighted by molar-refractivity contribution is 6.12. The number of pyridine rings is 2. The van der Waals surface area contributed by atoms with Crippen LogP contribution in [-0.2, 0) is 11.3 Å². The first-order chi connectivity index (χ1) is 16.3. The number of anilines is 1. The third-order valence-corrected chi connectivity index (χ3v) is 4.87. The number of nitrogens with zero attached hydrogens (tertiary/aromatic N) is 4. The molecule has 1 aromatic carbocycles. The van der Waals surface area contributed by atoms with Gasteiger partial charge in [0.15, 0.2) is 6.29 Å². The number of aliphatic hydroxyl groups is 1. The third-order valence-electron chi connectivity index (χ3n) is 4.87. The molecule has 2 N–H and O–H groups in total. The van der Waals surface area contributed by atoms with Gasteiger partial charge in [0.2, 0.25) is 5.91 Å². The maximum absolute atomic E-state index is 13.0. The fraction of sp³-hybridized carbons (Fsp3) is 0.250. The van der Waals surface area contributed by atoms with Crippen molar-refractivity contribution in [1.29, 1.82) is 5.26 Å². The molecule has 10 nitrogen and oxygen atoms in total. The van der Waals surface area contributed by atoms with E-state index in [-0.39, 0.29) is 35.3 Å². The van der Waals surface area contributed by atoms with Gasteiger partial charge in [-0.1, -0.05) is 12.1 Å². The molecule has 2 heterocycles. The third kappa shape index (κ3) is 5.33. The van der Waals surface area contributed by atoms with Gasteiger partial charge in [-0.05, 0) is 26.0 Å². The van der Waals surface area contributed by atoms with E-state index in [1.807, 2.05) is 19.9 Å². The number of aliphatic hydroxyl groups excluding tert-OH is 1. The molecule has 0 aliphatic carbocycles. The first kappa shape index (κ1) is 24.3. The Labute approximate surface area is 195 Å². The number of fused-ring (bicyclic) bond motifs is 1. The summed E-state index contributed by atoms with van der Waals surface area (Å²) in [5, 5.41) is 21.5. The van der Waals surface area contributed by atoms with Gasteiger partial charge in [0.05, 0.1) is 23.4 Å². The fourth-order valence-corrected chi connectivity index (χ4v) is 3.26. The van der Waals surface area contributed by atoms with E-state index in [2.05, 4.69) is 15.3 Å². The second-order valence-electron chi connectivity index (χ2n) is 7.73. The molecule has 34 heavy (non-hydrogen) atoms. The summed E-state index contributed by atoms with van der Waals surface area (Å²) >= 11 is 0. The highest BCUT2D eigenvalue weighted by atomic mass is 16.5. The summed E-state index contributed by atoms with van der Waals surface area (Å²) in [6.45, 7) is 3.06. The number of nitrogens with one attached hydrogen (secondary N) is 1. The van der Waals surface area contributed by atoms with Gasteiger partial charge >= 0.3 is 0 Å². The number of aromatic nitrogens is 2. The zero-order valence-corrected chi connectivity index (χ0v) is 18.9. The van der Waals surface area contributed by atoms with Crippen LogP contribution >= 0.6 is 0 Å². The van der Waals surface area contributed by atoms with Gasteiger partial charge in [-0.15, -0.1) is 0 Å². The lowest BCUT2D eigenvalue weighted by molar-refractivity contribution is -0.133. The van der Waals surface area contributed by atoms with Crippen molar-refractivity contribution in [1.82, 2.24) is 14.9 Å². The second-order valence-corrected chi connectivity index (χ2v) is 7.73. The van der Waals surface area contributed by atoms with Crippen molar-refractivity contribution >= 4 is 34.8 Å². The van der Waals surface area contributed by atoms with Crippen LogP contribution in [0.1, 0.15) is 45.8 Å². The normalized spacial score (nSPS) is 10.6. The monoisotopic (exact) mass is 461 g/mol. The molecule has 0 unspecified atom stereocenters. The predicted molar refractivity (Wildman–Crippen MR) is 123 cm³/mol. The van der Waals surface area contributed by atoms with E-state index in [1.54, 1.807) is 24.3 Å². The lowest BCUT2D eigenvalue weighted by Crippen LogP contribution is -2.29. The number of ether oxygens (including phenoxy) is 1. The first-order valence-corrected chi connectivity index (χ1v) is 10.4. The Morgan fingerprint density at radius 3 is 2.74 bits per heavy atom. The summed E-state index contributed by atoms with van der Waals surface area (Å²) in [6.07, 6.45) is 1.69. The first-order valence-electron chi connectivity index (χ1n) is 10.4. The number of hydrogen-bond acceptors (Lipinski definition) is 8. The standard InChI is InChI=1S/C24H23N5O5/c1-14(2)34-20-8-21(26-10-17(20)9-25)28-24(33)18-6-4-5-15-7-16(11-29(3)22(32)13-31)19(12-30)27-23(15)18/h4-8,10,12,14,31H,11,13H2,1-3H3,(H,26,28,33). The number of rotatable bonds is 8. The highest BCUT2D eigenvalue weighted by Crippen LogP contribution is 2.24. The number of amides is 2. The summed E-state index contributed by atoms with van der Waals surface area (Å²) in [7, 11) is 1.50. The quantitative estimate of drug-likeness (QED) is 0.486. The molecule has 0 saturated carbocycles. The molecule has 10 heteroatoms. The van der Waals surface area contributed by atoms with Gasteiger partial charge in [0, 0.05) is 30.6 Å². The zero-order chi connectivity index (χ0) is 24.8. The summed E-state index contributed by atoms with van der Waals surface area (Å²) in [5.74, 6) is -0.523. The minimum absolute atomic E-state index is 0.0701. The average molecular weight is 461 g/mol. The van der Waals surface area contributed by atoms with Crippen LogP contribution in [0.4, 0.5) is 5.82 Å². The molecular weight excluding hydrogens is 438 g/mol. The van der Waals surface area contributed by atoms with E-state index in [0.29, 0.717) is 28.5 Å². The minimum atomic E-state index is -0.647. The van der Waals surface area contributed by atoms with Crippen molar-refractivity contribution in [2.45, 2.75) is 26.5 Å². The molecule has 2 amide bonds. The Balaban J connectivity index is 1.96. The Morgan fingerprint density at radius 1 is 1.32 bits per heavy atom. The maximum Gasteiger partial charge on any atom is 0.259 e. The van der Waals surface area contributed by atoms with E-state index < -0.39 is 18.4 Å². The molecule has 0 aliphatic rings. The van der Waals surface area contributed by atoms with Gasteiger partial charge in [0.25, 0.3) is 5.91 Å². The molecule has 0 bridgehead atoms. The van der Waals surface area contributed by atoms with Crippen LogP contribution in [-0.4, -0.2) is 57.8 Å². The number of carbonyl (C=O) groups excluding carboxylic acids is 3. The lowest BCUT2D eigenvalue weighted by Gasteiger charge is -2.17. The Hall–Kier alpha value is -4.36. The van der Waals surface area contributed by atoms with Crippen molar-refractivity contribution in [2.24, 2.45) is 0 Å². The van der Waals surface area contributed by atoms with Crippen molar-refractivity contribution in [3.8, 4) is 11.8 Å². The van der Waals surface area contributed by atoms with Gasteiger partial charge in [0.1, 0.15) is 35.5 Å². The summed E-state index contributed by atoms with van der Waals surface area (Å²) in [6, 6.07) is 10.1. The molecule has 0 aliphatic heterocycles. The van der Waals surface area contributed by atoms with Crippen molar-refractivity contribution < 1.29 is 24.2 Å². The molecule has 0 spiro atoms. The van der Waals surface area contributed by atoms with Gasteiger partial charge in [-0.3, -0.25) is 14.4 Å². The maximum atomic E-state index is 13.0. The molecule has 174 valence electrons. The second kappa shape index (κ2) is 10.5. The lowest BCUT2D eigenvalue weighted by atomic mass is 10.0. The number of likely N-dealkylation sites (N-methyl/N-ethyl adjacent to an activating group) is 1. The van der Waals surface area contributed by atoms with Crippen LogP contribution in [0.3, 0.4) is 0 Å². The van der Waals surface area contributed by atoms with Gasteiger partial charge in [-0.25, -0.2) is 9.97 Å². The highest BCUT2D eigenvalue weighted by Gasteiger charge is 2.18. The molecule has 3 aromatic rings. The van der Waals surface area contributed by atoms with E-state index in [1.165, 1.54) is 24.2 Å². The zero-order valence-electron chi connectivity index (χ0n) is 18.9. The average Bonchev–Trinajstić information content (AvgIpc) is 2.82. The number of aldehydes is 1. The number of nitriles is 1. The van der Waals surface area contributed by atoms with Crippen molar-refractivity contribution in [2.75, 3.05) is 19.0 Å². The number of carbonyl (C=O) groups is 3. The molecule has 2 aromatic heterocycles. The Bertz CT molecular complexity index is 1300. The molecule has 0 atom stereocenters. The number of benzene rings is 1. The van der Waals surface area contributed by atoms with Gasteiger partial charge < -0.3 is 20.1 Å². The summed E-state index contributed by atoms with van der Waals surface area (Å²) in [4.78, 5) is 46.2. The number of hydrogen-bond donors (Lipinski definition) is 2. The van der Waals surface area contributed by atoms with Crippen LogP contribution < -0.4 is 10.1 Å². The molecular formula is C24H23N5O5. The Morgan fingerprint density at radius 2 is 2.09 bits per heavy atom. The van der Waals surface area contributed by atoms with E-state index in [0.717, 1.165) is 0 Å². The Kier molecular flexibility index (Phi) is 7.50. The smallest absolute Gasteiger partial charge is 0.259 e. The number of para-hydroxylation sites is 1. The topological polar surface area (TPSA) is 146 Å². The molecule has 0 saturated heterocycles. The van der Waals surface area contributed by atoms with E-state index in [4.69, 9.17) is 9.84 Å². The molecule has 3 rings (SSSR count).